The van der Waals surface area contributed by atoms with Crippen LogP contribution in [0.3, 0.4) is 0 Å². The molecular formula is C14H14BrN3O. The topological polar surface area (TPSA) is 54.9 Å². The van der Waals surface area contributed by atoms with Gasteiger partial charge in [-0.1, -0.05) is 13.0 Å². The molecule has 0 bridgehead atoms. The lowest BCUT2D eigenvalue weighted by Crippen LogP contribution is -2.13. The van der Waals surface area contributed by atoms with Crippen LogP contribution >= 0.6 is 15.9 Å². The first-order chi connectivity index (χ1) is 9.13. The molecule has 2 rings (SSSR count). The summed E-state index contributed by atoms with van der Waals surface area (Å²) in [7, 11) is 0. The van der Waals surface area contributed by atoms with Crippen molar-refractivity contribution in [3.8, 4) is 0 Å². The second kappa shape index (κ2) is 5.93. The molecule has 1 amide bonds. The predicted molar refractivity (Wildman–Crippen MR) is 79.9 cm³/mol. The minimum atomic E-state index is -0.106. The van der Waals surface area contributed by atoms with Crippen LogP contribution in [0, 0.1) is 0 Å². The van der Waals surface area contributed by atoms with E-state index in [1.165, 1.54) is 0 Å². The Kier molecular flexibility index (Phi) is 4.27. The summed E-state index contributed by atoms with van der Waals surface area (Å²) in [4.78, 5) is 20.4. The van der Waals surface area contributed by atoms with Gasteiger partial charge in [0.15, 0.2) is 0 Å². The van der Waals surface area contributed by atoms with Gasteiger partial charge in [0.05, 0.1) is 15.7 Å². The Labute approximate surface area is 120 Å². The van der Waals surface area contributed by atoms with E-state index in [0.717, 1.165) is 21.9 Å². The standard InChI is InChI=1S/C14H14BrN3O/c1-3-4-9(2)14(19)18-10-5-6-11-13(12(10)15)17-8-7-16-11/h4-8H,3H2,1-2H3,(H,18,19)/b9-4-. The van der Waals surface area contributed by atoms with Crippen LogP contribution in [0.1, 0.15) is 20.3 Å². The van der Waals surface area contributed by atoms with Crippen molar-refractivity contribution >= 4 is 38.6 Å². The van der Waals surface area contributed by atoms with Crippen LogP contribution in [0.15, 0.2) is 40.6 Å². The van der Waals surface area contributed by atoms with E-state index in [4.69, 9.17) is 0 Å². The fourth-order valence-corrected chi connectivity index (χ4v) is 2.26. The number of carbonyl (C=O) groups is 1. The van der Waals surface area contributed by atoms with Crippen LogP contribution in [-0.2, 0) is 4.79 Å². The minimum Gasteiger partial charge on any atom is -0.321 e. The van der Waals surface area contributed by atoms with E-state index in [2.05, 4.69) is 31.2 Å². The van der Waals surface area contributed by atoms with Crippen molar-refractivity contribution in [1.82, 2.24) is 9.97 Å². The molecule has 0 unspecified atom stereocenters. The molecule has 0 spiro atoms. The van der Waals surface area contributed by atoms with Crippen molar-refractivity contribution in [2.24, 2.45) is 0 Å². The van der Waals surface area contributed by atoms with Gasteiger partial charge in [0.1, 0.15) is 5.52 Å². The Morgan fingerprint density at radius 1 is 1.37 bits per heavy atom. The molecule has 1 N–H and O–H groups in total. The number of anilines is 1. The third kappa shape index (κ3) is 2.98. The Bertz CT molecular complexity index is 652. The van der Waals surface area contributed by atoms with Crippen LogP contribution < -0.4 is 5.32 Å². The van der Waals surface area contributed by atoms with E-state index in [1.54, 1.807) is 19.3 Å². The van der Waals surface area contributed by atoms with Gasteiger partial charge in [0.2, 0.25) is 0 Å². The molecule has 0 saturated heterocycles. The highest BCUT2D eigenvalue weighted by molar-refractivity contribution is 9.10. The van der Waals surface area contributed by atoms with Crippen molar-refractivity contribution in [1.29, 1.82) is 0 Å². The number of carbonyl (C=O) groups excluding carboxylic acids is 1. The summed E-state index contributed by atoms with van der Waals surface area (Å²) >= 11 is 3.46. The lowest BCUT2D eigenvalue weighted by Gasteiger charge is -2.09. The molecule has 98 valence electrons. The summed E-state index contributed by atoms with van der Waals surface area (Å²) in [5.41, 5.74) is 2.92. The molecule has 5 heteroatoms. The molecule has 4 nitrogen and oxygen atoms in total. The van der Waals surface area contributed by atoms with Gasteiger partial charge in [-0.3, -0.25) is 14.8 Å². The van der Waals surface area contributed by atoms with E-state index in [1.807, 2.05) is 25.1 Å². The minimum absolute atomic E-state index is 0.106. The smallest absolute Gasteiger partial charge is 0.251 e. The lowest BCUT2D eigenvalue weighted by atomic mass is 10.2. The number of amides is 1. The predicted octanol–water partition coefficient (Wildman–Crippen LogP) is 3.69. The number of hydrogen-bond acceptors (Lipinski definition) is 3. The zero-order chi connectivity index (χ0) is 13.8. The molecule has 1 aromatic carbocycles. The van der Waals surface area contributed by atoms with E-state index >= 15 is 0 Å². The van der Waals surface area contributed by atoms with Crippen LogP contribution in [0.5, 0.6) is 0 Å². The van der Waals surface area contributed by atoms with Crippen molar-refractivity contribution in [2.45, 2.75) is 20.3 Å². The first-order valence-electron chi connectivity index (χ1n) is 6.00. The van der Waals surface area contributed by atoms with Gasteiger partial charge in [-0.25, -0.2) is 0 Å². The van der Waals surface area contributed by atoms with Gasteiger partial charge in [-0.15, -0.1) is 0 Å². The molecule has 0 atom stereocenters. The fourth-order valence-electron chi connectivity index (χ4n) is 1.72. The summed E-state index contributed by atoms with van der Waals surface area (Å²) in [5.74, 6) is -0.106. The molecular weight excluding hydrogens is 306 g/mol. The highest BCUT2D eigenvalue weighted by atomic mass is 79.9. The first-order valence-corrected chi connectivity index (χ1v) is 6.80. The summed E-state index contributed by atoms with van der Waals surface area (Å²) in [5, 5.41) is 2.87. The molecule has 0 aliphatic rings. The fraction of sp³-hybridized carbons (Fsp3) is 0.214. The number of rotatable bonds is 3. The number of nitrogens with zero attached hydrogens (tertiary/aromatic N) is 2. The Balaban J connectivity index is 2.34. The number of aromatic nitrogens is 2. The molecule has 0 fully saturated rings. The summed E-state index contributed by atoms with van der Waals surface area (Å²) in [6, 6.07) is 3.65. The van der Waals surface area contributed by atoms with Crippen molar-refractivity contribution in [3.63, 3.8) is 0 Å². The van der Waals surface area contributed by atoms with E-state index < -0.39 is 0 Å². The first kappa shape index (κ1) is 13.7. The number of allylic oxidation sites excluding steroid dienone is 1. The normalized spacial score (nSPS) is 11.6. The maximum Gasteiger partial charge on any atom is 0.251 e. The average molecular weight is 320 g/mol. The summed E-state index contributed by atoms with van der Waals surface area (Å²) < 4.78 is 0.746. The largest absolute Gasteiger partial charge is 0.321 e. The second-order valence-electron chi connectivity index (χ2n) is 4.10. The SMILES string of the molecule is CC/C=C(/C)C(=O)Nc1ccc2nccnc2c1Br. The number of halogens is 1. The highest BCUT2D eigenvalue weighted by Gasteiger charge is 2.10. The lowest BCUT2D eigenvalue weighted by molar-refractivity contribution is -0.112. The maximum absolute atomic E-state index is 12.0. The summed E-state index contributed by atoms with van der Waals surface area (Å²) in [6.07, 6.45) is 6.00. The van der Waals surface area contributed by atoms with Crippen LogP contribution in [0.2, 0.25) is 0 Å². The molecule has 0 aliphatic heterocycles. The van der Waals surface area contributed by atoms with E-state index in [9.17, 15) is 4.79 Å². The monoisotopic (exact) mass is 319 g/mol. The molecule has 0 radical (unpaired) electrons. The third-order valence-electron chi connectivity index (χ3n) is 2.70. The zero-order valence-electron chi connectivity index (χ0n) is 10.8. The number of hydrogen-bond donors (Lipinski definition) is 1. The van der Waals surface area contributed by atoms with E-state index in [-0.39, 0.29) is 5.91 Å². The van der Waals surface area contributed by atoms with Gasteiger partial charge in [-0.2, -0.15) is 0 Å². The number of benzene rings is 1. The van der Waals surface area contributed by atoms with Crippen molar-refractivity contribution in [2.75, 3.05) is 5.32 Å². The Hall–Kier alpha value is -1.75. The Morgan fingerprint density at radius 3 is 2.84 bits per heavy atom. The zero-order valence-corrected chi connectivity index (χ0v) is 12.4. The number of nitrogens with one attached hydrogen (secondary N) is 1. The molecule has 0 saturated carbocycles. The number of fused-ring (bicyclic) bond motifs is 1. The average Bonchev–Trinajstić information content (AvgIpc) is 2.42. The second-order valence-corrected chi connectivity index (χ2v) is 4.89. The van der Waals surface area contributed by atoms with Crippen LogP contribution in [0.25, 0.3) is 11.0 Å². The maximum atomic E-state index is 12.0. The molecule has 0 aliphatic carbocycles. The molecule has 1 heterocycles. The van der Waals surface area contributed by atoms with Crippen LogP contribution in [0.4, 0.5) is 5.69 Å². The van der Waals surface area contributed by atoms with Gasteiger partial charge < -0.3 is 5.32 Å². The molecule has 19 heavy (non-hydrogen) atoms. The quantitative estimate of drug-likeness (QED) is 0.878. The molecule has 2 aromatic rings. The van der Waals surface area contributed by atoms with Gasteiger partial charge >= 0.3 is 0 Å². The highest BCUT2D eigenvalue weighted by Crippen LogP contribution is 2.29. The van der Waals surface area contributed by atoms with E-state index in [0.29, 0.717) is 11.3 Å². The van der Waals surface area contributed by atoms with Gasteiger partial charge in [-0.05, 0) is 41.4 Å². The molecule has 1 aromatic heterocycles. The van der Waals surface area contributed by atoms with Gasteiger partial charge in [0.25, 0.3) is 5.91 Å². The van der Waals surface area contributed by atoms with Crippen molar-refractivity contribution < 1.29 is 4.79 Å². The van der Waals surface area contributed by atoms with Crippen LogP contribution in [-0.4, -0.2) is 15.9 Å². The Morgan fingerprint density at radius 2 is 2.11 bits per heavy atom. The van der Waals surface area contributed by atoms with Gasteiger partial charge in [0, 0.05) is 18.0 Å². The summed E-state index contributed by atoms with van der Waals surface area (Å²) in [6.45, 7) is 3.80. The van der Waals surface area contributed by atoms with Crippen molar-refractivity contribution in [3.05, 3.63) is 40.6 Å². The third-order valence-corrected chi connectivity index (χ3v) is 3.50.